The van der Waals surface area contributed by atoms with Crippen molar-refractivity contribution in [1.29, 1.82) is 0 Å². The number of nitrogens with one attached hydrogen (secondary N) is 1. The van der Waals surface area contributed by atoms with Crippen molar-refractivity contribution in [3.63, 3.8) is 0 Å². The molecule has 0 aliphatic heterocycles. The number of hydrogen-bond acceptors (Lipinski definition) is 1. The van der Waals surface area contributed by atoms with Crippen LogP contribution in [0.4, 0.5) is 0 Å². The van der Waals surface area contributed by atoms with Crippen LogP contribution in [0.3, 0.4) is 0 Å². The first kappa shape index (κ1) is 15.8. The molecule has 0 amide bonds. The summed E-state index contributed by atoms with van der Waals surface area (Å²) in [6.45, 7) is 7.89. The summed E-state index contributed by atoms with van der Waals surface area (Å²) in [6.07, 6.45) is 1.11. The van der Waals surface area contributed by atoms with Crippen LogP contribution in [0.2, 0.25) is 0 Å². The van der Waals surface area contributed by atoms with E-state index in [4.69, 9.17) is 0 Å². The zero-order chi connectivity index (χ0) is 15.1. The van der Waals surface area contributed by atoms with Crippen molar-refractivity contribution in [2.75, 3.05) is 6.54 Å². The first-order valence-electron chi connectivity index (χ1n) is 8.05. The van der Waals surface area contributed by atoms with E-state index in [-0.39, 0.29) is 0 Å². The molecule has 2 aromatic rings. The molecule has 0 heterocycles. The van der Waals surface area contributed by atoms with Crippen LogP contribution in [0.25, 0.3) is 0 Å². The Balaban J connectivity index is 2.04. The lowest BCUT2D eigenvalue weighted by Gasteiger charge is -2.25. The standard InChI is InChI=1S/C20H27N/c1-4-20(18-13-9-6-10-14-18)21-15-19(16(2)3)17-11-7-5-8-12-17/h5-14,16,19-21H,4,15H2,1-3H3. The van der Waals surface area contributed by atoms with E-state index in [0.717, 1.165) is 13.0 Å². The Morgan fingerprint density at radius 2 is 1.33 bits per heavy atom. The molecule has 2 rings (SSSR count). The Morgan fingerprint density at radius 1 is 0.810 bits per heavy atom. The van der Waals surface area contributed by atoms with Crippen molar-refractivity contribution in [3.05, 3.63) is 71.8 Å². The van der Waals surface area contributed by atoms with Crippen LogP contribution >= 0.6 is 0 Å². The van der Waals surface area contributed by atoms with Crippen LogP contribution in [0.5, 0.6) is 0 Å². The second kappa shape index (κ2) is 7.99. The van der Waals surface area contributed by atoms with Crippen LogP contribution < -0.4 is 5.32 Å². The summed E-state index contributed by atoms with van der Waals surface area (Å²) >= 11 is 0. The van der Waals surface area contributed by atoms with Crippen molar-refractivity contribution in [1.82, 2.24) is 5.32 Å². The van der Waals surface area contributed by atoms with E-state index >= 15 is 0 Å². The minimum absolute atomic E-state index is 0.441. The van der Waals surface area contributed by atoms with Gasteiger partial charge in [-0.1, -0.05) is 81.4 Å². The summed E-state index contributed by atoms with van der Waals surface area (Å²) < 4.78 is 0. The fraction of sp³-hybridized carbons (Fsp3) is 0.400. The normalized spacial score (nSPS) is 14.1. The van der Waals surface area contributed by atoms with Crippen molar-refractivity contribution < 1.29 is 0 Å². The SMILES string of the molecule is CCC(NCC(c1ccccc1)C(C)C)c1ccccc1. The fourth-order valence-electron chi connectivity index (χ4n) is 2.89. The van der Waals surface area contributed by atoms with E-state index in [2.05, 4.69) is 86.8 Å². The summed E-state index contributed by atoms with van der Waals surface area (Å²) in [7, 11) is 0. The highest BCUT2D eigenvalue weighted by Crippen LogP contribution is 2.25. The molecule has 0 aliphatic rings. The van der Waals surface area contributed by atoms with Gasteiger partial charge < -0.3 is 5.32 Å². The lowest BCUT2D eigenvalue weighted by Crippen LogP contribution is -2.28. The van der Waals surface area contributed by atoms with Gasteiger partial charge in [0, 0.05) is 12.6 Å². The minimum Gasteiger partial charge on any atom is -0.309 e. The molecule has 0 aliphatic carbocycles. The molecule has 0 saturated carbocycles. The Labute approximate surface area is 129 Å². The van der Waals surface area contributed by atoms with Gasteiger partial charge in [-0.25, -0.2) is 0 Å². The number of hydrogen-bond donors (Lipinski definition) is 1. The first-order valence-corrected chi connectivity index (χ1v) is 8.05. The van der Waals surface area contributed by atoms with E-state index in [1.807, 2.05) is 0 Å². The molecule has 0 bridgehead atoms. The van der Waals surface area contributed by atoms with Gasteiger partial charge in [-0.05, 0) is 29.4 Å². The highest BCUT2D eigenvalue weighted by atomic mass is 14.9. The lowest BCUT2D eigenvalue weighted by molar-refractivity contribution is 0.420. The van der Waals surface area contributed by atoms with Gasteiger partial charge in [0.2, 0.25) is 0 Å². The molecule has 0 aromatic heterocycles. The van der Waals surface area contributed by atoms with E-state index in [1.54, 1.807) is 0 Å². The van der Waals surface area contributed by atoms with Crippen LogP contribution in [0.15, 0.2) is 60.7 Å². The zero-order valence-electron chi connectivity index (χ0n) is 13.4. The van der Waals surface area contributed by atoms with Crippen LogP contribution in [-0.2, 0) is 0 Å². The van der Waals surface area contributed by atoms with Gasteiger partial charge in [0.15, 0.2) is 0 Å². The Bertz CT molecular complexity index is 504. The summed E-state index contributed by atoms with van der Waals surface area (Å²) in [6, 6.07) is 22.1. The predicted octanol–water partition coefficient (Wildman–Crippen LogP) is 5.17. The average molecular weight is 281 g/mol. The molecule has 0 spiro atoms. The monoisotopic (exact) mass is 281 g/mol. The third-order valence-corrected chi connectivity index (χ3v) is 4.23. The Hall–Kier alpha value is -1.60. The van der Waals surface area contributed by atoms with Gasteiger partial charge in [0.05, 0.1) is 0 Å². The molecule has 2 aromatic carbocycles. The highest BCUT2D eigenvalue weighted by Gasteiger charge is 2.17. The Kier molecular flexibility index (Phi) is 6.01. The smallest absolute Gasteiger partial charge is 0.0317 e. The first-order chi connectivity index (χ1) is 10.2. The lowest BCUT2D eigenvalue weighted by atomic mass is 9.88. The molecule has 0 radical (unpaired) electrons. The Morgan fingerprint density at radius 3 is 1.81 bits per heavy atom. The minimum atomic E-state index is 0.441. The summed E-state index contributed by atoms with van der Waals surface area (Å²) in [5.41, 5.74) is 2.82. The van der Waals surface area contributed by atoms with Gasteiger partial charge in [-0.2, -0.15) is 0 Å². The van der Waals surface area contributed by atoms with Crippen molar-refractivity contribution in [2.24, 2.45) is 5.92 Å². The molecular weight excluding hydrogens is 254 g/mol. The van der Waals surface area contributed by atoms with E-state index in [1.165, 1.54) is 11.1 Å². The molecule has 0 saturated heterocycles. The second-order valence-corrected chi connectivity index (χ2v) is 6.04. The van der Waals surface area contributed by atoms with E-state index < -0.39 is 0 Å². The zero-order valence-corrected chi connectivity index (χ0v) is 13.4. The van der Waals surface area contributed by atoms with Gasteiger partial charge in [-0.3, -0.25) is 0 Å². The molecule has 1 heteroatoms. The van der Waals surface area contributed by atoms with Crippen LogP contribution in [0, 0.1) is 5.92 Å². The quantitative estimate of drug-likeness (QED) is 0.738. The maximum atomic E-state index is 3.77. The molecular formula is C20H27N. The molecule has 21 heavy (non-hydrogen) atoms. The summed E-state index contributed by atoms with van der Waals surface area (Å²) in [4.78, 5) is 0. The molecule has 2 atom stereocenters. The molecule has 112 valence electrons. The molecule has 1 N–H and O–H groups in total. The summed E-state index contributed by atoms with van der Waals surface area (Å²) in [5.74, 6) is 1.19. The topological polar surface area (TPSA) is 12.0 Å². The van der Waals surface area contributed by atoms with Gasteiger partial charge >= 0.3 is 0 Å². The number of rotatable bonds is 7. The van der Waals surface area contributed by atoms with Crippen molar-refractivity contribution in [3.8, 4) is 0 Å². The van der Waals surface area contributed by atoms with Crippen molar-refractivity contribution in [2.45, 2.75) is 39.2 Å². The fourth-order valence-corrected chi connectivity index (χ4v) is 2.89. The number of benzene rings is 2. The maximum Gasteiger partial charge on any atom is 0.0317 e. The van der Waals surface area contributed by atoms with Crippen LogP contribution in [0.1, 0.15) is 50.3 Å². The van der Waals surface area contributed by atoms with E-state index in [9.17, 15) is 0 Å². The predicted molar refractivity (Wildman–Crippen MR) is 91.5 cm³/mol. The van der Waals surface area contributed by atoms with E-state index in [0.29, 0.717) is 17.9 Å². The third-order valence-electron chi connectivity index (χ3n) is 4.23. The van der Waals surface area contributed by atoms with Gasteiger partial charge in [0.1, 0.15) is 0 Å². The molecule has 2 unspecified atom stereocenters. The highest BCUT2D eigenvalue weighted by molar-refractivity contribution is 5.22. The van der Waals surface area contributed by atoms with Crippen molar-refractivity contribution >= 4 is 0 Å². The molecule has 1 nitrogen and oxygen atoms in total. The molecule has 0 fully saturated rings. The van der Waals surface area contributed by atoms with Gasteiger partial charge in [0.25, 0.3) is 0 Å². The average Bonchev–Trinajstić information content (AvgIpc) is 2.53. The largest absolute Gasteiger partial charge is 0.309 e. The third kappa shape index (κ3) is 4.44. The van der Waals surface area contributed by atoms with Crippen LogP contribution in [-0.4, -0.2) is 6.54 Å². The summed E-state index contributed by atoms with van der Waals surface area (Å²) in [5, 5.41) is 3.77. The second-order valence-electron chi connectivity index (χ2n) is 6.04. The van der Waals surface area contributed by atoms with Gasteiger partial charge in [-0.15, -0.1) is 0 Å². The maximum absolute atomic E-state index is 3.77.